The summed E-state index contributed by atoms with van der Waals surface area (Å²) >= 11 is 2.08. The van der Waals surface area contributed by atoms with Crippen molar-refractivity contribution in [3.05, 3.63) is 20.0 Å². The second kappa shape index (κ2) is 7.51. The molecule has 2 aromatic rings. The summed E-state index contributed by atoms with van der Waals surface area (Å²) in [6, 6.07) is 0. The van der Waals surface area contributed by atoms with Crippen molar-refractivity contribution in [2.45, 2.75) is 56.1 Å². The maximum atomic E-state index is 12.5. The summed E-state index contributed by atoms with van der Waals surface area (Å²) in [4.78, 5) is 42.6. The number of H-pyrrole nitrogens is 1. The number of nitrogens with one attached hydrogen (secondary N) is 1. The monoisotopic (exact) mass is 400 g/mol. The van der Waals surface area contributed by atoms with E-state index in [0.717, 1.165) is 11.3 Å². The number of ether oxygens (including phenoxy) is 1. The van der Waals surface area contributed by atoms with Crippen molar-refractivity contribution in [2.24, 2.45) is 0 Å². The van der Waals surface area contributed by atoms with Gasteiger partial charge in [-0.2, -0.15) is 4.98 Å². The molecule has 9 nitrogen and oxygen atoms in total. The van der Waals surface area contributed by atoms with Gasteiger partial charge in [-0.3, -0.25) is 23.9 Å². The number of hydrogen-bond acceptors (Lipinski definition) is 9. The number of thiazole rings is 1. The third-order valence-electron chi connectivity index (χ3n) is 4.20. The molecule has 11 heteroatoms. The lowest BCUT2D eigenvalue weighted by atomic mass is 10.1. The van der Waals surface area contributed by atoms with Crippen LogP contribution in [0.25, 0.3) is 10.3 Å². The Hall–Kier alpha value is -1.69. The molecule has 0 saturated carbocycles. The minimum absolute atomic E-state index is 0.0284. The predicted molar refractivity (Wildman–Crippen MR) is 100 cm³/mol. The molecule has 26 heavy (non-hydrogen) atoms. The lowest BCUT2D eigenvalue weighted by molar-refractivity contribution is -0.119. The first-order chi connectivity index (χ1) is 12.3. The van der Waals surface area contributed by atoms with E-state index in [0.29, 0.717) is 12.8 Å². The van der Waals surface area contributed by atoms with Crippen molar-refractivity contribution in [1.29, 1.82) is 0 Å². The highest BCUT2D eigenvalue weighted by Crippen LogP contribution is 2.43. The fourth-order valence-corrected chi connectivity index (χ4v) is 5.13. The molecule has 1 saturated heterocycles. The molecule has 1 aliphatic rings. The Kier molecular flexibility index (Phi) is 5.51. The summed E-state index contributed by atoms with van der Waals surface area (Å²) in [5.41, 5.74) is 4.69. The maximum absolute atomic E-state index is 12.5. The molecule has 4 N–H and O–H groups in total. The Bertz CT molecular complexity index is 936. The highest BCUT2D eigenvalue weighted by molar-refractivity contribution is 8.00. The number of rotatable bonds is 6. The van der Waals surface area contributed by atoms with Crippen LogP contribution >= 0.6 is 23.1 Å². The first-order valence-corrected chi connectivity index (χ1v) is 10.0. The van der Waals surface area contributed by atoms with Gasteiger partial charge >= 0.3 is 4.87 Å². The van der Waals surface area contributed by atoms with Crippen LogP contribution in [0.5, 0.6) is 0 Å². The fourth-order valence-electron chi connectivity index (χ4n) is 2.79. The number of carbonyl (C=O) groups is 1. The number of aromatic amines is 1. The van der Waals surface area contributed by atoms with Gasteiger partial charge in [-0.25, -0.2) is 0 Å². The van der Waals surface area contributed by atoms with Crippen LogP contribution in [0.2, 0.25) is 0 Å². The molecule has 0 spiro atoms. The van der Waals surface area contributed by atoms with Gasteiger partial charge in [-0.15, -0.1) is 11.8 Å². The maximum Gasteiger partial charge on any atom is 0.311 e. The van der Waals surface area contributed by atoms with Crippen molar-refractivity contribution in [1.82, 2.24) is 14.5 Å². The van der Waals surface area contributed by atoms with Crippen LogP contribution in [0.1, 0.15) is 39.3 Å². The number of aliphatic hydroxyl groups excluding tert-OH is 1. The number of nitrogens with zero attached hydrogens (tertiary/aromatic N) is 2. The van der Waals surface area contributed by atoms with Crippen molar-refractivity contribution >= 4 is 45.2 Å². The quantitative estimate of drug-likeness (QED) is 0.647. The molecule has 0 amide bonds. The second-order valence-electron chi connectivity index (χ2n) is 5.98. The number of nitrogens with two attached hydrogens (primary N) is 1. The molecular formula is C15H20N4O5S2. The average molecular weight is 400 g/mol. The third-order valence-corrected chi connectivity index (χ3v) is 6.59. The molecule has 1 aliphatic heterocycles. The van der Waals surface area contributed by atoms with Gasteiger partial charge in [0.2, 0.25) is 5.95 Å². The van der Waals surface area contributed by atoms with E-state index >= 15 is 0 Å². The molecule has 0 aliphatic carbocycles. The molecule has 0 aromatic carbocycles. The number of fused-ring (bicyclic) bond motifs is 1. The van der Waals surface area contributed by atoms with Crippen LogP contribution in [0.4, 0.5) is 5.95 Å². The predicted octanol–water partition coefficient (Wildman–Crippen LogP) is 0.825. The first-order valence-electron chi connectivity index (χ1n) is 8.27. The number of aromatic nitrogens is 3. The molecule has 3 heterocycles. The number of nitrogen functional groups attached to an aromatic ring is 1. The zero-order chi connectivity index (χ0) is 19.0. The van der Waals surface area contributed by atoms with E-state index in [-0.39, 0.29) is 33.7 Å². The van der Waals surface area contributed by atoms with Gasteiger partial charge in [0.1, 0.15) is 15.9 Å². The number of Topliss-reactive ketones (excluding diaryl/α,β-unsaturated/α-hetero) is 1. The van der Waals surface area contributed by atoms with E-state index in [2.05, 4.69) is 9.97 Å². The van der Waals surface area contributed by atoms with Crippen LogP contribution in [-0.2, 0) is 9.53 Å². The fraction of sp³-hybridized carbons (Fsp3) is 0.600. The molecule has 2 aromatic heterocycles. The molecule has 0 radical (unpaired) electrons. The molecule has 1 fully saturated rings. The van der Waals surface area contributed by atoms with Crippen LogP contribution in [0, 0.1) is 0 Å². The Morgan fingerprint density at radius 1 is 1.46 bits per heavy atom. The SMILES string of the molecule is CCC(=O)C[C@@H]1SC([C@@H](O)CC)O[C@H]1n1c(=O)sc2c(=O)[nH]c(N)nc21. The van der Waals surface area contributed by atoms with Gasteiger partial charge in [0, 0.05) is 12.8 Å². The highest BCUT2D eigenvalue weighted by atomic mass is 32.2. The van der Waals surface area contributed by atoms with Crippen LogP contribution < -0.4 is 16.2 Å². The van der Waals surface area contributed by atoms with Gasteiger partial charge in [-0.05, 0) is 6.42 Å². The summed E-state index contributed by atoms with van der Waals surface area (Å²) in [6.45, 7) is 3.59. The van der Waals surface area contributed by atoms with Crippen LogP contribution in [-0.4, -0.2) is 42.2 Å². The van der Waals surface area contributed by atoms with Crippen molar-refractivity contribution < 1.29 is 14.6 Å². The Labute approximate surface area is 156 Å². The van der Waals surface area contributed by atoms with Gasteiger partial charge in [0.25, 0.3) is 5.56 Å². The summed E-state index contributed by atoms with van der Waals surface area (Å²) in [5, 5.41) is 9.78. The molecule has 0 bridgehead atoms. The number of anilines is 1. The van der Waals surface area contributed by atoms with Crippen LogP contribution in [0.3, 0.4) is 0 Å². The molecular weight excluding hydrogens is 380 g/mol. The van der Waals surface area contributed by atoms with E-state index in [1.807, 2.05) is 6.92 Å². The minimum atomic E-state index is -0.809. The standard InChI is InChI=1S/C15H20N4O5S2/c1-3-6(20)5-8-12(24-13(25-8)7(21)4-2)19-10-9(26-15(19)23)11(22)18-14(16)17-10/h7-8,12-13,21H,3-5H2,1-2H3,(H3,16,17,18,22)/t7-,8-,12+,13?/m0/s1. The van der Waals surface area contributed by atoms with E-state index in [1.54, 1.807) is 6.92 Å². The first kappa shape index (κ1) is 19.1. The topological polar surface area (TPSA) is 140 Å². The summed E-state index contributed by atoms with van der Waals surface area (Å²) in [6.07, 6.45) is -0.498. The molecule has 1 unspecified atom stereocenters. The Morgan fingerprint density at radius 3 is 2.85 bits per heavy atom. The molecule has 4 atom stereocenters. The van der Waals surface area contributed by atoms with E-state index in [9.17, 15) is 19.5 Å². The Morgan fingerprint density at radius 2 is 2.19 bits per heavy atom. The summed E-state index contributed by atoms with van der Waals surface area (Å²) in [5.74, 6) is -0.0772. The average Bonchev–Trinajstić information content (AvgIpc) is 3.14. The van der Waals surface area contributed by atoms with Crippen LogP contribution in [0.15, 0.2) is 9.59 Å². The number of hydrogen-bond donors (Lipinski definition) is 3. The number of thioether (sulfide) groups is 1. The smallest absolute Gasteiger partial charge is 0.311 e. The number of ketones is 1. The van der Waals surface area contributed by atoms with Gasteiger partial charge in [-0.1, -0.05) is 25.2 Å². The highest BCUT2D eigenvalue weighted by Gasteiger charge is 2.42. The molecule has 3 rings (SSSR count). The third kappa shape index (κ3) is 3.43. The molecule has 142 valence electrons. The van der Waals surface area contributed by atoms with E-state index in [1.165, 1.54) is 16.3 Å². The largest absolute Gasteiger partial charge is 0.390 e. The zero-order valence-corrected chi connectivity index (χ0v) is 15.9. The lowest BCUT2D eigenvalue weighted by Gasteiger charge is -2.19. The number of carbonyl (C=O) groups excluding carboxylic acids is 1. The lowest BCUT2D eigenvalue weighted by Crippen LogP contribution is -2.29. The van der Waals surface area contributed by atoms with Gasteiger partial charge in [0.05, 0.1) is 11.4 Å². The second-order valence-corrected chi connectivity index (χ2v) is 8.29. The van der Waals surface area contributed by atoms with Gasteiger partial charge < -0.3 is 15.6 Å². The summed E-state index contributed by atoms with van der Waals surface area (Å²) < 4.78 is 7.35. The Balaban J connectivity index is 2.08. The van der Waals surface area contributed by atoms with E-state index < -0.39 is 28.2 Å². The normalized spacial score (nSPS) is 24.2. The van der Waals surface area contributed by atoms with E-state index in [4.69, 9.17) is 10.5 Å². The van der Waals surface area contributed by atoms with Crippen molar-refractivity contribution in [2.75, 3.05) is 5.73 Å². The van der Waals surface area contributed by atoms with Crippen molar-refractivity contribution in [3.63, 3.8) is 0 Å². The minimum Gasteiger partial charge on any atom is -0.390 e. The van der Waals surface area contributed by atoms with Gasteiger partial charge in [0.15, 0.2) is 11.9 Å². The summed E-state index contributed by atoms with van der Waals surface area (Å²) in [7, 11) is 0. The zero-order valence-electron chi connectivity index (χ0n) is 14.3. The van der Waals surface area contributed by atoms with Crippen molar-refractivity contribution in [3.8, 4) is 0 Å². The number of aliphatic hydroxyl groups is 1.